The van der Waals surface area contributed by atoms with Gasteiger partial charge < -0.3 is 10.1 Å². The van der Waals surface area contributed by atoms with E-state index in [2.05, 4.69) is 30.3 Å². The summed E-state index contributed by atoms with van der Waals surface area (Å²) < 4.78 is 7.53. The van der Waals surface area contributed by atoms with Gasteiger partial charge in [-0.2, -0.15) is 5.10 Å². The molecule has 0 spiro atoms. The Morgan fingerprint density at radius 3 is 3.20 bits per heavy atom. The highest BCUT2D eigenvalue weighted by molar-refractivity contribution is 5.00. The summed E-state index contributed by atoms with van der Waals surface area (Å²) in [4.78, 5) is 0. The first-order valence-electron chi connectivity index (χ1n) is 5.67. The molecule has 1 aromatic rings. The summed E-state index contributed by atoms with van der Waals surface area (Å²) in [5, 5.41) is 7.77. The summed E-state index contributed by atoms with van der Waals surface area (Å²) >= 11 is 0. The lowest BCUT2D eigenvalue weighted by Crippen LogP contribution is -2.34. The van der Waals surface area contributed by atoms with Gasteiger partial charge in [0.2, 0.25) is 0 Å². The van der Waals surface area contributed by atoms with Crippen LogP contribution in [0.15, 0.2) is 12.3 Å². The topological polar surface area (TPSA) is 39.1 Å². The predicted molar refractivity (Wildman–Crippen MR) is 58.6 cm³/mol. The summed E-state index contributed by atoms with van der Waals surface area (Å²) in [6.45, 7) is 6.93. The van der Waals surface area contributed by atoms with Crippen molar-refractivity contribution in [1.82, 2.24) is 15.1 Å². The molecule has 84 valence electrons. The zero-order chi connectivity index (χ0) is 10.7. The third kappa shape index (κ3) is 2.38. The molecule has 0 aromatic carbocycles. The molecule has 1 aliphatic heterocycles. The Labute approximate surface area is 90.6 Å². The monoisotopic (exact) mass is 209 g/mol. The Morgan fingerprint density at radius 1 is 1.67 bits per heavy atom. The summed E-state index contributed by atoms with van der Waals surface area (Å²) in [7, 11) is 0. The molecule has 2 heterocycles. The van der Waals surface area contributed by atoms with Crippen molar-refractivity contribution in [3.8, 4) is 0 Å². The quantitative estimate of drug-likeness (QED) is 0.809. The molecule has 1 aliphatic rings. The van der Waals surface area contributed by atoms with Crippen molar-refractivity contribution in [2.75, 3.05) is 6.61 Å². The number of nitrogens with zero attached hydrogens (tertiary/aromatic N) is 2. The lowest BCUT2D eigenvalue weighted by Gasteiger charge is -2.16. The third-order valence-electron chi connectivity index (χ3n) is 3.03. The molecule has 1 saturated heterocycles. The van der Waals surface area contributed by atoms with E-state index in [9.17, 15) is 0 Å². The van der Waals surface area contributed by atoms with E-state index in [0.717, 1.165) is 26.1 Å². The van der Waals surface area contributed by atoms with E-state index in [4.69, 9.17) is 4.74 Å². The van der Waals surface area contributed by atoms with Gasteiger partial charge >= 0.3 is 0 Å². The standard InChI is InChI=1S/C11H19N3O/c1-3-14-10(4-6-13-14)8-12-11-5-7-15-9(11)2/h4,6,9,11-12H,3,5,7-8H2,1-2H3. The van der Waals surface area contributed by atoms with Crippen molar-refractivity contribution < 1.29 is 4.74 Å². The second-order valence-electron chi connectivity index (χ2n) is 3.99. The van der Waals surface area contributed by atoms with E-state index < -0.39 is 0 Å². The molecule has 0 aliphatic carbocycles. The lowest BCUT2D eigenvalue weighted by atomic mass is 10.1. The van der Waals surface area contributed by atoms with Gasteiger partial charge in [0.25, 0.3) is 0 Å². The first-order valence-corrected chi connectivity index (χ1v) is 5.67. The maximum Gasteiger partial charge on any atom is 0.0700 e. The molecule has 1 N–H and O–H groups in total. The molecule has 0 radical (unpaired) electrons. The van der Waals surface area contributed by atoms with Crippen LogP contribution in [-0.4, -0.2) is 28.5 Å². The first-order chi connectivity index (χ1) is 7.31. The van der Waals surface area contributed by atoms with Gasteiger partial charge in [0.05, 0.1) is 11.8 Å². The van der Waals surface area contributed by atoms with Gasteiger partial charge in [-0.1, -0.05) is 0 Å². The second-order valence-corrected chi connectivity index (χ2v) is 3.99. The molecule has 2 unspecified atom stereocenters. The van der Waals surface area contributed by atoms with Gasteiger partial charge in [0.15, 0.2) is 0 Å². The zero-order valence-electron chi connectivity index (χ0n) is 9.44. The predicted octanol–water partition coefficient (Wildman–Crippen LogP) is 1.17. The molecule has 2 atom stereocenters. The van der Waals surface area contributed by atoms with Crippen LogP contribution >= 0.6 is 0 Å². The van der Waals surface area contributed by atoms with Crippen LogP contribution in [0.25, 0.3) is 0 Å². The van der Waals surface area contributed by atoms with Crippen LogP contribution in [0.5, 0.6) is 0 Å². The number of aromatic nitrogens is 2. The largest absolute Gasteiger partial charge is 0.377 e. The molecule has 1 aromatic heterocycles. The van der Waals surface area contributed by atoms with Gasteiger partial charge in [-0.15, -0.1) is 0 Å². The van der Waals surface area contributed by atoms with Crippen molar-refractivity contribution in [3.63, 3.8) is 0 Å². The van der Waals surface area contributed by atoms with Crippen molar-refractivity contribution in [2.45, 2.75) is 45.5 Å². The molecule has 15 heavy (non-hydrogen) atoms. The Morgan fingerprint density at radius 2 is 2.53 bits per heavy atom. The smallest absolute Gasteiger partial charge is 0.0700 e. The fourth-order valence-electron chi connectivity index (χ4n) is 2.03. The van der Waals surface area contributed by atoms with Crippen molar-refractivity contribution >= 4 is 0 Å². The van der Waals surface area contributed by atoms with Crippen LogP contribution in [-0.2, 0) is 17.8 Å². The molecule has 2 rings (SSSR count). The second kappa shape index (κ2) is 4.77. The maximum atomic E-state index is 5.51. The van der Waals surface area contributed by atoms with Crippen LogP contribution in [0.1, 0.15) is 26.0 Å². The minimum atomic E-state index is 0.336. The third-order valence-corrected chi connectivity index (χ3v) is 3.03. The highest BCUT2D eigenvalue weighted by atomic mass is 16.5. The van der Waals surface area contributed by atoms with E-state index in [1.807, 2.05) is 10.9 Å². The molecule has 0 amide bonds. The minimum Gasteiger partial charge on any atom is -0.377 e. The molecule has 0 saturated carbocycles. The van der Waals surface area contributed by atoms with Gasteiger partial charge in [-0.25, -0.2) is 0 Å². The number of aryl methyl sites for hydroxylation is 1. The maximum absolute atomic E-state index is 5.51. The van der Waals surface area contributed by atoms with Gasteiger partial charge in [-0.3, -0.25) is 4.68 Å². The summed E-state index contributed by atoms with van der Waals surface area (Å²) in [5.74, 6) is 0. The van der Waals surface area contributed by atoms with Gasteiger partial charge in [-0.05, 0) is 26.3 Å². The number of rotatable bonds is 4. The number of ether oxygens (including phenoxy) is 1. The first kappa shape index (κ1) is 10.6. The molecule has 4 heteroatoms. The van der Waals surface area contributed by atoms with Gasteiger partial charge in [0, 0.05) is 31.9 Å². The molecule has 1 fully saturated rings. The SMILES string of the molecule is CCn1nccc1CNC1CCOC1C. The number of hydrogen-bond acceptors (Lipinski definition) is 3. The molecule has 4 nitrogen and oxygen atoms in total. The number of nitrogens with one attached hydrogen (secondary N) is 1. The van der Waals surface area contributed by atoms with Crippen LogP contribution in [0, 0.1) is 0 Å². The van der Waals surface area contributed by atoms with E-state index in [1.165, 1.54) is 5.69 Å². The van der Waals surface area contributed by atoms with Crippen molar-refractivity contribution in [1.29, 1.82) is 0 Å². The normalized spacial score (nSPS) is 26.0. The zero-order valence-corrected chi connectivity index (χ0v) is 9.44. The van der Waals surface area contributed by atoms with Crippen LogP contribution in [0.2, 0.25) is 0 Å². The molecular weight excluding hydrogens is 190 g/mol. The Bertz CT molecular complexity index is 311. The molecule has 0 bridgehead atoms. The van der Waals surface area contributed by atoms with E-state index >= 15 is 0 Å². The van der Waals surface area contributed by atoms with Crippen LogP contribution in [0.4, 0.5) is 0 Å². The Kier molecular flexibility index (Phi) is 3.38. The van der Waals surface area contributed by atoms with E-state index in [1.54, 1.807) is 0 Å². The summed E-state index contributed by atoms with van der Waals surface area (Å²) in [6.07, 6.45) is 3.30. The van der Waals surface area contributed by atoms with Gasteiger partial charge in [0.1, 0.15) is 0 Å². The van der Waals surface area contributed by atoms with Crippen LogP contribution < -0.4 is 5.32 Å². The number of hydrogen-bond donors (Lipinski definition) is 1. The van der Waals surface area contributed by atoms with Crippen LogP contribution in [0.3, 0.4) is 0 Å². The van der Waals surface area contributed by atoms with E-state index in [-0.39, 0.29) is 0 Å². The van der Waals surface area contributed by atoms with Crippen molar-refractivity contribution in [3.05, 3.63) is 18.0 Å². The fourth-order valence-corrected chi connectivity index (χ4v) is 2.03. The summed E-state index contributed by atoms with van der Waals surface area (Å²) in [6, 6.07) is 2.56. The molecular formula is C11H19N3O. The average molecular weight is 209 g/mol. The highest BCUT2D eigenvalue weighted by Crippen LogP contribution is 2.13. The van der Waals surface area contributed by atoms with E-state index in [0.29, 0.717) is 12.1 Å². The minimum absolute atomic E-state index is 0.336. The average Bonchev–Trinajstić information content (AvgIpc) is 2.83. The Hall–Kier alpha value is -0.870. The fraction of sp³-hybridized carbons (Fsp3) is 0.727. The summed E-state index contributed by atoms with van der Waals surface area (Å²) in [5.41, 5.74) is 1.25. The lowest BCUT2D eigenvalue weighted by molar-refractivity contribution is 0.113. The Balaban J connectivity index is 1.87. The highest BCUT2D eigenvalue weighted by Gasteiger charge is 2.23. The van der Waals surface area contributed by atoms with Crippen molar-refractivity contribution in [2.24, 2.45) is 0 Å².